The molecule has 1 aromatic heterocycles. The van der Waals surface area contributed by atoms with Crippen LogP contribution >= 0.6 is 11.3 Å². The first-order chi connectivity index (χ1) is 8.48. The van der Waals surface area contributed by atoms with Crippen molar-refractivity contribution in [3.63, 3.8) is 0 Å². The molecule has 0 aliphatic heterocycles. The third-order valence-electron chi connectivity index (χ3n) is 2.92. The lowest BCUT2D eigenvalue weighted by atomic mass is 9.93. The van der Waals surface area contributed by atoms with Gasteiger partial charge in [0.25, 0.3) is 0 Å². The molecule has 0 atom stereocenters. The van der Waals surface area contributed by atoms with Crippen LogP contribution in [0, 0.1) is 5.41 Å². The van der Waals surface area contributed by atoms with Gasteiger partial charge in [-0.2, -0.15) is 0 Å². The molecule has 1 amide bonds. The fraction of sp³-hybridized carbons (Fsp3) is 0.643. The van der Waals surface area contributed by atoms with Crippen molar-refractivity contribution >= 4 is 17.2 Å². The number of hydrogen-bond acceptors (Lipinski definition) is 3. The topological polar surface area (TPSA) is 46.3 Å². The van der Waals surface area contributed by atoms with Crippen LogP contribution in [0.4, 0.5) is 0 Å². The lowest BCUT2D eigenvalue weighted by molar-refractivity contribution is -0.131. The number of carbonyl (C=O) groups excluding carboxylic acids is 1. The first-order valence-electron chi connectivity index (χ1n) is 6.48. The highest BCUT2D eigenvalue weighted by molar-refractivity contribution is 7.10. The van der Waals surface area contributed by atoms with E-state index in [1.165, 1.54) is 0 Å². The third kappa shape index (κ3) is 4.78. The number of nitrogens with zero attached hydrogens (tertiary/aromatic N) is 1. The highest BCUT2D eigenvalue weighted by atomic mass is 32.1. The molecular formula is C14H24N2OS. The van der Waals surface area contributed by atoms with Crippen LogP contribution < -0.4 is 5.73 Å². The SMILES string of the molecule is CCCN(CC(C)(C)CN)C(=O)Cc1cccs1. The maximum atomic E-state index is 12.3. The van der Waals surface area contributed by atoms with Gasteiger partial charge in [-0.05, 0) is 29.8 Å². The molecule has 0 aromatic carbocycles. The number of amides is 1. The summed E-state index contributed by atoms with van der Waals surface area (Å²) < 4.78 is 0. The van der Waals surface area contributed by atoms with Crippen LogP contribution in [-0.2, 0) is 11.2 Å². The Kier molecular flexibility index (Phi) is 5.82. The summed E-state index contributed by atoms with van der Waals surface area (Å²) >= 11 is 1.64. The fourth-order valence-corrected chi connectivity index (χ4v) is 2.51. The van der Waals surface area contributed by atoms with Gasteiger partial charge in [0.15, 0.2) is 0 Å². The van der Waals surface area contributed by atoms with E-state index in [0.29, 0.717) is 13.0 Å². The molecule has 3 nitrogen and oxygen atoms in total. The van der Waals surface area contributed by atoms with Crippen LogP contribution in [0.5, 0.6) is 0 Å². The fourth-order valence-electron chi connectivity index (χ4n) is 1.82. The van der Waals surface area contributed by atoms with E-state index < -0.39 is 0 Å². The predicted molar refractivity (Wildman–Crippen MR) is 77.7 cm³/mol. The van der Waals surface area contributed by atoms with E-state index >= 15 is 0 Å². The molecule has 0 aliphatic carbocycles. The minimum absolute atomic E-state index is 0.0136. The van der Waals surface area contributed by atoms with E-state index in [0.717, 1.165) is 24.4 Å². The van der Waals surface area contributed by atoms with Crippen molar-refractivity contribution in [2.45, 2.75) is 33.6 Å². The molecule has 0 saturated carbocycles. The molecule has 0 radical (unpaired) electrons. The first-order valence-corrected chi connectivity index (χ1v) is 7.36. The van der Waals surface area contributed by atoms with Crippen LogP contribution in [0.3, 0.4) is 0 Å². The molecule has 1 heterocycles. The van der Waals surface area contributed by atoms with Gasteiger partial charge in [0.1, 0.15) is 0 Å². The summed E-state index contributed by atoms with van der Waals surface area (Å²) in [6, 6.07) is 4.00. The van der Waals surface area contributed by atoms with Crippen molar-refractivity contribution in [2.24, 2.45) is 11.1 Å². The summed E-state index contributed by atoms with van der Waals surface area (Å²) in [5, 5.41) is 2.01. The molecule has 0 spiro atoms. The summed E-state index contributed by atoms with van der Waals surface area (Å²) in [7, 11) is 0. The normalized spacial score (nSPS) is 11.6. The van der Waals surface area contributed by atoms with E-state index in [1.807, 2.05) is 22.4 Å². The van der Waals surface area contributed by atoms with Gasteiger partial charge in [0, 0.05) is 18.0 Å². The van der Waals surface area contributed by atoms with Gasteiger partial charge >= 0.3 is 0 Å². The Hall–Kier alpha value is -0.870. The second kappa shape index (κ2) is 6.90. The van der Waals surface area contributed by atoms with Gasteiger partial charge < -0.3 is 10.6 Å². The highest BCUT2D eigenvalue weighted by Crippen LogP contribution is 2.17. The Morgan fingerprint density at radius 3 is 2.72 bits per heavy atom. The number of carbonyl (C=O) groups is 1. The predicted octanol–water partition coefficient (Wildman–Crippen LogP) is 2.51. The minimum atomic E-state index is -0.0136. The molecular weight excluding hydrogens is 244 g/mol. The average Bonchev–Trinajstić information content (AvgIpc) is 2.81. The molecule has 18 heavy (non-hydrogen) atoms. The average molecular weight is 268 g/mol. The zero-order valence-corrected chi connectivity index (χ0v) is 12.4. The van der Waals surface area contributed by atoms with E-state index in [9.17, 15) is 4.79 Å². The van der Waals surface area contributed by atoms with E-state index in [-0.39, 0.29) is 11.3 Å². The Balaban J connectivity index is 2.63. The van der Waals surface area contributed by atoms with Gasteiger partial charge in [-0.15, -0.1) is 11.3 Å². The summed E-state index contributed by atoms with van der Waals surface area (Å²) in [6.45, 7) is 8.46. The second-order valence-corrected chi connectivity index (χ2v) is 6.47. The lowest BCUT2D eigenvalue weighted by Gasteiger charge is -2.31. The molecule has 4 heteroatoms. The van der Waals surface area contributed by atoms with Crippen LogP contribution in [-0.4, -0.2) is 30.4 Å². The van der Waals surface area contributed by atoms with E-state index in [4.69, 9.17) is 5.73 Å². The zero-order chi connectivity index (χ0) is 13.6. The Morgan fingerprint density at radius 2 is 2.22 bits per heavy atom. The maximum Gasteiger partial charge on any atom is 0.227 e. The zero-order valence-electron chi connectivity index (χ0n) is 11.6. The maximum absolute atomic E-state index is 12.3. The van der Waals surface area contributed by atoms with Crippen molar-refractivity contribution in [2.75, 3.05) is 19.6 Å². The smallest absolute Gasteiger partial charge is 0.227 e. The number of thiophene rings is 1. The van der Waals surface area contributed by atoms with Crippen molar-refractivity contribution in [1.29, 1.82) is 0 Å². The lowest BCUT2D eigenvalue weighted by Crippen LogP contribution is -2.43. The van der Waals surface area contributed by atoms with Gasteiger partial charge in [-0.3, -0.25) is 4.79 Å². The largest absolute Gasteiger partial charge is 0.342 e. The van der Waals surface area contributed by atoms with Crippen LogP contribution in [0.15, 0.2) is 17.5 Å². The van der Waals surface area contributed by atoms with Gasteiger partial charge in [0.2, 0.25) is 5.91 Å². The quantitative estimate of drug-likeness (QED) is 0.826. The van der Waals surface area contributed by atoms with Gasteiger partial charge in [-0.1, -0.05) is 26.8 Å². The van der Waals surface area contributed by atoms with Crippen molar-refractivity contribution < 1.29 is 4.79 Å². The number of hydrogen-bond donors (Lipinski definition) is 1. The summed E-state index contributed by atoms with van der Waals surface area (Å²) in [4.78, 5) is 15.4. The molecule has 1 aromatic rings. The third-order valence-corrected chi connectivity index (χ3v) is 3.80. The monoisotopic (exact) mass is 268 g/mol. The summed E-state index contributed by atoms with van der Waals surface area (Å²) in [5.74, 6) is 0.209. The standard InChI is InChI=1S/C14H24N2OS/c1-4-7-16(11-14(2,3)10-15)13(17)9-12-6-5-8-18-12/h5-6,8H,4,7,9-11,15H2,1-3H3. The molecule has 0 aliphatic rings. The first kappa shape index (κ1) is 15.2. The highest BCUT2D eigenvalue weighted by Gasteiger charge is 2.23. The van der Waals surface area contributed by atoms with Crippen LogP contribution in [0.2, 0.25) is 0 Å². The summed E-state index contributed by atoms with van der Waals surface area (Å²) in [6.07, 6.45) is 1.50. The van der Waals surface area contributed by atoms with Crippen molar-refractivity contribution in [3.05, 3.63) is 22.4 Å². The number of nitrogens with two attached hydrogens (primary N) is 1. The Labute approximate surface area is 114 Å². The molecule has 1 rings (SSSR count). The van der Waals surface area contributed by atoms with Crippen LogP contribution in [0.1, 0.15) is 32.1 Å². The van der Waals surface area contributed by atoms with E-state index in [2.05, 4.69) is 20.8 Å². The van der Waals surface area contributed by atoms with E-state index in [1.54, 1.807) is 11.3 Å². The molecule has 102 valence electrons. The van der Waals surface area contributed by atoms with Crippen LogP contribution in [0.25, 0.3) is 0 Å². The van der Waals surface area contributed by atoms with Crippen molar-refractivity contribution in [3.8, 4) is 0 Å². The molecule has 0 fully saturated rings. The van der Waals surface area contributed by atoms with Gasteiger partial charge in [-0.25, -0.2) is 0 Å². The summed E-state index contributed by atoms with van der Waals surface area (Å²) in [5.41, 5.74) is 5.74. The molecule has 0 saturated heterocycles. The molecule has 0 unspecified atom stereocenters. The number of rotatable bonds is 7. The Bertz CT molecular complexity index is 360. The minimum Gasteiger partial charge on any atom is -0.342 e. The second-order valence-electron chi connectivity index (χ2n) is 5.44. The molecule has 2 N–H and O–H groups in total. The van der Waals surface area contributed by atoms with Gasteiger partial charge in [0.05, 0.1) is 6.42 Å². The molecule has 0 bridgehead atoms. The Morgan fingerprint density at radius 1 is 1.50 bits per heavy atom. The van der Waals surface area contributed by atoms with Crippen molar-refractivity contribution in [1.82, 2.24) is 4.90 Å².